The number of halogens is 2. The van der Waals surface area contributed by atoms with Crippen LogP contribution in [0.1, 0.15) is 5.56 Å². The summed E-state index contributed by atoms with van der Waals surface area (Å²) in [6, 6.07) is 1.23. The van der Waals surface area contributed by atoms with Crippen LogP contribution < -0.4 is 0 Å². The third kappa shape index (κ3) is 2.08. The number of aldehydes is 1. The van der Waals surface area contributed by atoms with Crippen molar-refractivity contribution in [3.8, 4) is 0 Å². The number of pyridine rings is 1. The van der Waals surface area contributed by atoms with E-state index in [1.54, 1.807) is 0 Å². The molecule has 0 N–H and O–H groups in total. The summed E-state index contributed by atoms with van der Waals surface area (Å²) < 4.78 is 12.9. The fraction of sp³-hybridized carbons (Fsp3) is 0.143. The molecule has 0 radical (unpaired) electrons. The maximum absolute atomic E-state index is 12.4. The Morgan fingerprint density at radius 3 is 3.00 bits per heavy atom. The van der Waals surface area contributed by atoms with Gasteiger partial charge in [0.05, 0.1) is 0 Å². The van der Waals surface area contributed by atoms with Gasteiger partial charge in [-0.05, 0) is 5.56 Å². The fourth-order valence-corrected chi connectivity index (χ4v) is 1.13. The standard InChI is InChI=1S/C7H5BrFNO/c8-6-3-7(9)10-4-5(6)1-2-11/h2-4H,1H2. The van der Waals surface area contributed by atoms with Gasteiger partial charge in [-0.15, -0.1) is 0 Å². The van der Waals surface area contributed by atoms with Gasteiger partial charge in [-0.3, -0.25) is 0 Å². The molecule has 11 heavy (non-hydrogen) atoms. The highest BCUT2D eigenvalue weighted by atomic mass is 79.9. The zero-order valence-electron chi connectivity index (χ0n) is 5.55. The molecule has 0 saturated carbocycles. The number of hydrogen-bond donors (Lipinski definition) is 0. The molecule has 0 aliphatic heterocycles. The molecule has 1 rings (SSSR count). The Labute approximate surface area is 71.6 Å². The maximum Gasteiger partial charge on any atom is 0.213 e. The number of aromatic nitrogens is 1. The monoisotopic (exact) mass is 217 g/mol. The summed E-state index contributed by atoms with van der Waals surface area (Å²) in [5.41, 5.74) is 0.696. The van der Waals surface area contributed by atoms with Crippen molar-refractivity contribution < 1.29 is 9.18 Å². The second-order valence-electron chi connectivity index (χ2n) is 1.97. The molecule has 0 amide bonds. The Kier molecular flexibility index (Phi) is 2.70. The van der Waals surface area contributed by atoms with E-state index < -0.39 is 5.95 Å². The van der Waals surface area contributed by atoms with Crippen molar-refractivity contribution in [2.45, 2.75) is 6.42 Å². The van der Waals surface area contributed by atoms with Gasteiger partial charge in [-0.2, -0.15) is 4.39 Å². The minimum Gasteiger partial charge on any atom is -0.303 e. The van der Waals surface area contributed by atoms with Gasteiger partial charge in [0, 0.05) is 23.2 Å². The predicted octanol–water partition coefficient (Wildman–Crippen LogP) is 1.72. The molecule has 0 aliphatic carbocycles. The van der Waals surface area contributed by atoms with Crippen LogP contribution in [0.2, 0.25) is 0 Å². The first-order chi connectivity index (χ1) is 5.24. The highest BCUT2D eigenvalue weighted by Crippen LogP contribution is 2.15. The van der Waals surface area contributed by atoms with Gasteiger partial charge in [0.1, 0.15) is 6.29 Å². The molecule has 0 fully saturated rings. The van der Waals surface area contributed by atoms with E-state index in [2.05, 4.69) is 20.9 Å². The van der Waals surface area contributed by atoms with E-state index in [-0.39, 0.29) is 6.42 Å². The van der Waals surface area contributed by atoms with Crippen LogP contribution in [0.25, 0.3) is 0 Å². The highest BCUT2D eigenvalue weighted by Gasteiger charge is 2.00. The molecule has 0 atom stereocenters. The molecule has 0 bridgehead atoms. The summed E-state index contributed by atoms with van der Waals surface area (Å²) >= 11 is 3.11. The second kappa shape index (κ2) is 3.57. The molecule has 0 aliphatic rings. The van der Waals surface area contributed by atoms with Crippen LogP contribution in [0.15, 0.2) is 16.7 Å². The van der Waals surface area contributed by atoms with Gasteiger partial charge < -0.3 is 4.79 Å². The van der Waals surface area contributed by atoms with E-state index in [4.69, 9.17) is 0 Å². The third-order valence-corrected chi connectivity index (χ3v) is 1.94. The van der Waals surface area contributed by atoms with Crippen molar-refractivity contribution >= 4 is 22.2 Å². The molecule has 1 aromatic rings. The van der Waals surface area contributed by atoms with Crippen LogP contribution in [-0.4, -0.2) is 11.3 Å². The van der Waals surface area contributed by atoms with Crippen molar-refractivity contribution in [2.75, 3.05) is 0 Å². The van der Waals surface area contributed by atoms with Gasteiger partial charge in [0.2, 0.25) is 5.95 Å². The smallest absolute Gasteiger partial charge is 0.213 e. The molecule has 58 valence electrons. The number of carbonyl (C=O) groups excluding carboxylic acids is 1. The van der Waals surface area contributed by atoms with Crippen LogP contribution in [0.4, 0.5) is 4.39 Å². The van der Waals surface area contributed by atoms with Gasteiger partial charge in [-0.25, -0.2) is 4.98 Å². The molecular formula is C7H5BrFNO. The third-order valence-electron chi connectivity index (χ3n) is 1.20. The number of carbonyl (C=O) groups is 1. The summed E-state index contributed by atoms with van der Waals surface area (Å²) in [7, 11) is 0. The first-order valence-electron chi connectivity index (χ1n) is 2.97. The average Bonchev–Trinajstić information content (AvgIpc) is 1.95. The zero-order chi connectivity index (χ0) is 8.27. The Balaban J connectivity index is 2.98. The van der Waals surface area contributed by atoms with Crippen molar-refractivity contribution in [3.63, 3.8) is 0 Å². The molecular weight excluding hydrogens is 213 g/mol. The van der Waals surface area contributed by atoms with E-state index in [1.165, 1.54) is 12.3 Å². The van der Waals surface area contributed by atoms with E-state index in [1.807, 2.05) is 0 Å². The average molecular weight is 218 g/mol. The molecule has 0 spiro atoms. The quantitative estimate of drug-likeness (QED) is 0.558. The summed E-state index contributed by atoms with van der Waals surface area (Å²) in [6.45, 7) is 0. The largest absolute Gasteiger partial charge is 0.303 e. The lowest BCUT2D eigenvalue weighted by Crippen LogP contribution is -1.91. The minimum absolute atomic E-state index is 0.258. The van der Waals surface area contributed by atoms with Crippen molar-refractivity contribution in [2.24, 2.45) is 0 Å². The van der Waals surface area contributed by atoms with E-state index in [0.29, 0.717) is 10.0 Å². The SMILES string of the molecule is O=CCc1cnc(F)cc1Br. The maximum atomic E-state index is 12.4. The molecule has 0 aromatic carbocycles. The van der Waals surface area contributed by atoms with E-state index in [0.717, 1.165) is 6.29 Å². The summed E-state index contributed by atoms with van der Waals surface area (Å²) in [5, 5.41) is 0. The second-order valence-corrected chi connectivity index (χ2v) is 2.82. The summed E-state index contributed by atoms with van der Waals surface area (Å²) in [4.78, 5) is 13.5. The van der Waals surface area contributed by atoms with Gasteiger partial charge in [0.25, 0.3) is 0 Å². The zero-order valence-corrected chi connectivity index (χ0v) is 7.14. The predicted molar refractivity (Wildman–Crippen MR) is 41.7 cm³/mol. The van der Waals surface area contributed by atoms with Crippen molar-refractivity contribution in [3.05, 3.63) is 28.2 Å². The Bertz CT molecular complexity index is 277. The Morgan fingerprint density at radius 2 is 2.45 bits per heavy atom. The first-order valence-corrected chi connectivity index (χ1v) is 3.77. The van der Waals surface area contributed by atoms with Gasteiger partial charge in [0.15, 0.2) is 0 Å². The summed E-state index contributed by atoms with van der Waals surface area (Å²) in [5.74, 6) is -0.550. The van der Waals surface area contributed by atoms with E-state index in [9.17, 15) is 9.18 Å². The molecule has 1 heterocycles. The minimum atomic E-state index is -0.550. The molecule has 1 aromatic heterocycles. The van der Waals surface area contributed by atoms with E-state index >= 15 is 0 Å². The number of rotatable bonds is 2. The summed E-state index contributed by atoms with van der Waals surface area (Å²) in [6.07, 6.45) is 2.35. The van der Waals surface area contributed by atoms with Crippen molar-refractivity contribution in [1.82, 2.24) is 4.98 Å². The van der Waals surface area contributed by atoms with Crippen molar-refractivity contribution in [1.29, 1.82) is 0 Å². The Morgan fingerprint density at radius 1 is 1.73 bits per heavy atom. The lowest BCUT2D eigenvalue weighted by atomic mass is 10.2. The van der Waals surface area contributed by atoms with Crippen LogP contribution in [0, 0.1) is 5.95 Å². The van der Waals surface area contributed by atoms with Gasteiger partial charge >= 0.3 is 0 Å². The molecule has 2 nitrogen and oxygen atoms in total. The van der Waals surface area contributed by atoms with Crippen LogP contribution in [0.5, 0.6) is 0 Å². The number of nitrogens with zero attached hydrogens (tertiary/aromatic N) is 1. The van der Waals surface area contributed by atoms with Crippen LogP contribution in [0.3, 0.4) is 0 Å². The van der Waals surface area contributed by atoms with Crippen LogP contribution >= 0.6 is 15.9 Å². The highest BCUT2D eigenvalue weighted by molar-refractivity contribution is 9.10. The van der Waals surface area contributed by atoms with Crippen LogP contribution in [-0.2, 0) is 11.2 Å². The lowest BCUT2D eigenvalue weighted by molar-refractivity contribution is -0.107. The topological polar surface area (TPSA) is 30.0 Å². The van der Waals surface area contributed by atoms with Gasteiger partial charge in [-0.1, -0.05) is 15.9 Å². The molecule has 4 heteroatoms. The lowest BCUT2D eigenvalue weighted by Gasteiger charge is -1.97. The normalized spacial score (nSPS) is 9.64. The molecule has 0 unspecified atom stereocenters. The number of hydrogen-bond acceptors (Lipinski definition) is 2. The fourth-order valence-electron chi connectivity index (χ4n) is 0.676. The molecule has 0 saturated heterocycles. The Hall–Kier alpha value is -0.770. The first kappa shape index (κ1) is 8.33.